The predicted octanol–water partition coefficient (Wildman–Crippen LogP) is 4.08. The number of thiazole rings is 1. The van der Waals surface area contributed by atoms with Gasteiger partial charge >= 0.3 is 0 Å². The van der Waals surface area contributed by atoms with Crippen LogP contribution in [0.3, 0.4) is 0 Å². The lowest BCUT2D eigenvalue weighted by atomic mass is 9.83. The monoisotopic (exact) mass is 610 g/mol. The fraction of sp³-hybridized carbons (Fsp3) is 0.273. The van der Waals surface area contributed by atoms with Crippen LogP contribution in [0.1, 0.15) is 34.7 Å². The van der Waals surface area contributed by atoms with E-state index in [4.69, 9.17) is 19.2 Å². The molecule has 0 saturated carbocycles. The molecule has 1 fully saturated rings. The zero-order valence-corrected chi connectivity index (χ0v) is 25.1. The number of nitro groups is 1. The minimum absolute atomic E-state index is 0.0351. The van der Waals surface area contributed by atoms with E-state index < -0.39 is 11.0 Å². The van der Waals surface area contributed by atoms with Gasteiger partial charge in [-0.1, -0.05) is 35.6 Å². The second-order valence-electron chi connectivity index (χ2n) is 10.8. The number of morpholine rings is 1. The smallest absolute Gasteiger partial charge is 0.271 e. The first-order chi connectivity index (χ1) is 21.5. The van der Waals surface area contributed by atoms with Crippen LogP contribution in [0.4, 0.5) is 11.4 Å². The third kappa shape index (κ3) is 4.78. The number of hydrogen-bond donors (Lipinski definition) is 0. The summed E-state index contributed by atoms with van der Waals surface area (Å²) in [5.41, 5.74) is 6.19. The number of benzene rings is 3. The van der Waals surface area contributed by atoms with Crippen molar-refractivity contribution in [3.05, 3.63) is 118 Å². The fourth-order valence-corrected chi connectivity index (χ4v) is 7.35. The second-order valence-corrected chi connectivity index (χ2v) is 11.8. The number of methoxy groups -OCH3 is 2. The van der Waals surface area contributed by atoms with Gasteiger partial charge in [0.2, 0.25) is 0 Å². The van der Waals surface area contributed by atoms with Gasteiger partial charge in [-0.15, -0.1) is 0 Å². The van der Waals surface area contributed by atoms with Crippen molar-refractivity contribution in [2.45, 2.75) is 18.9 Å². The molecule has 0 radical (unpaired) electrons. The van der Waals surface area contributed by atoms with E-state index in [0.29, 0.717) is 52.7 Å². The van der Waals surface area contributed by atoms with E-state index in [-0.39, 0.29) is 11.2 Å². The molecular formula is C33H30N4O6S. The number of allylic oxidation sites excluding steroid dienone is 1. The van der Waals surface area contributed by atoms with E-state index in [1.807, 2.05) is 30.3 Å². The molecular weight excluding hydrogens is 580 g/mol. The summed E-state index contributed by atoms with van der Waals surface area (Å²) in [4.78, 5) is 33.5. The van der Waals surface area contributed by atoms with Gasteiger partial charge in [0.15, 0.2) is 4.80 Å². The zero-order chi connectivity index (χ0) is 30.4. The number of non-ortho nitro benzene ring substituents is 1. The van der Waals surface area contributed by atoms with E-state index >= 15 is 0 Å². The highest BCUT2D eigenvalue weighted by atomic mass is 32.1. The number of anilines is 1. The van der Waals surface area contributed by atoms with Gasteiger partial charge in [-0.05, 0) is 54.3 Å². The Labute approximate surface area is 256 Å². The Bertz CT molecular complexity index is 2010. The number of rotatable bonds is 6. The van der Waals surface area contributed by atoms with Crippen molar-refractivity contribution in [3.63, 3.8) is 0 Å². The average Bonchev–Trinajstić information content (AvgIpc) is 3.37. The molecule has 1 aromatic heterocycles. The van der Waals surface area contributed by atoms with Gasteiger partial charge in [0.1, 0.15) is 11.5 Å². The van der Waals surface area contributed by atoms with Crippen molar-refractivity contribution in [3.8, 4) is 11.5 Å². The summed E-state index contributed by atoms with van der Waals surface area (Å²) in [7, 11) is 3.24. The Hall–Kier alpha value is -4.74. The normalized spacial score (nSPS) is 17.8. The number of nitro benzene ring substituents is 1. The molecule has 224 valence electrons. The van der Waals surface area contributed by atoms with Crippen LogP contribution in [0.25, 0.3) is 11.8 Å². The lowest BCUT2D eigenvalue weighted by Crippen LogP contribution is -2.39. The molecule has 1 saturated heterocycles. The van der Waals surface area contributed by atoms with Gasteiger partial charge in [-0.2, -0.15) is 0 Å². The first kappa shape index (κ1) is 28.1. The lowest BCUT2D eigenvalue weighted by molar-refractivity contribution is -0.384. The number of aromatic nitrogens is 1. The van der Waals surface area contributed by atoms with Crippen LogP contribution >= 0.6 is 11.3 Å². The summed E-state index contributed by atoms with van der Waals surface area (Å²) in [5, 5.41) is 11.7. The largest absolute Gasteiger partial charge is 0.497 e. The third-order valence-electron chi connectivity index (χ3n) is 8.46. The maximum atomic E-state index is 14.4. The number of ether oxygens (including phenoxy) is 3. The molecule has 0 bridgehead atoms. The molecule has 1 aliphatic carbocycles. The van der Waals surface area contributed by atoms with E-state index in [9.17, 15) is 14.9 Å². The lowest BCUT2D eigenvalue weighted by Gasteiger charge is -2.31. The van der Waals surface area contributed by atoms with Crippen LogP contribution in [0.15, 0.2) is 76.0 Å². The van der Waals surface area contributed by atoms with Crippen molar-refractivity contribution < 1.29 is 19.1 Å². The molecule has 1 atom stereocenters. The van der Waals surface area contributed by atoms with Crippen LogP contribution in [0, 0.1) is 10.1 Å². The standard InChI is InChI=1S/C33H30N4O6S/c1-41-23-9-12-28(42-2)26(19-23)31-25-10-7-20-5-3-4-6-24(20)30(25)34-33-36(31)32(38)29(44-33)18-21-17-22(37(39)40)8-11-27(21)35-13-15-43-16-14-35/h3-6,8-9,11-12,17-19,31H,7,10,13-16H2,1-2H3/b29-18+. The molecule has 3 aliphatic rings. The van der Waals surface area contributed by atoms with E-state index in [1.54, 1.807) is 30.9 Å². The quantitative estimate of drug-likeness (QED) is 0.239. The zero-order valence-electron chi connectivity index (χ0n) is 24.3. The van der Waals surface area contributed by atoms with Crippen molar-refractivity contribution >= 4 is 34.5 Å². The van der Waals surface area contributed by atoms with Crippen LogP contribution in [-0.2, 0) is 11.2 Å². The maximum Gasteiger partial charge on any atom is 0.271 e. The SMILES string of the molecule is COc1ccc(OC)c(C2C3=C(N=c4s/c(=C/c5cc([N+](=O)[O-])ccc5N5CCOCC5)c(=O)n42)c2ccccc2CC3)c1. The molecule has 3 aromatic carbocycles. The Morgan fingerprint density at radius 2 is 1.86 bits per heavy atom. The highest BCUT2D eigenvalue weighted by Gasteiger charge is 2.34. The molecule has 0 amide bonds. The second kappa shape index (κ2) is 11.4. The molecule has 1 unspecified atom stereocenters. The molecule has 10 nitrogen and oxygen atoms in total. The average molecular weight is 611 g/mol. The van der Waals surface area contributed by atoms with Crippen LogP contribution in [0.5, 0.6) is 11.5 Å². The highest BCUT2D eigenvalue weighted by molar-refractivity contribution is 7.07. The van der Waals surface area contributed by atoms with Gasteiger partial charge in [0.25, 0.3) is 11.2 Å². The van der Waals surface area contributed by atoms with Crippen LogP contribution in [-0.4, -0.2) is 50.0 Å². The van der Waals surface area contributed by atoms with Gasteiger partial charge in [-0.3, -0.25) is 19.5 Å². The maximum absolute atomic E-state index is 14.4. The van der Waals surface area contributed by atoms with Crippen LogP contribution in [0.2, 0.25) is 0 Å². The fourth-order valence-electron chi connectivity index (χ4n) is 6.36. The summed E-state index contributed by atoms with van der Waals surface area (Å²) >= 11 is 1.29. The minimum atomic E-state index is -0.467. The number of nitrogens with zero attached hydrogens (tertiary/aromatic N) is 4. The molecule has 7 rings (SSSR count). The predicted molar refractivity (Wildman–Crippen MR) is 168 cm³/mol. The first-order valence-electron chi connectivity index (χ1n) is 14.4. The van der Waals surface area contributed by atoms with E-state index in [2.05, 4.69) is 17.0 Å². The van der Waals surface area contributed by atoms with Crippen LogP contribution < -0.4 is 29.3 Å². The molecule has 0 N–H and O–H groups in total. The van der Waals surface area contributed by atoms with Crippen molar-refractivity contribution in [1.29, 1.82) is 0 Å². The number of aryl methyl sites for hydroxylation is 1. The van der Waals surface area contributed by atoms with Crippen molar-refractivity contribution in [1.82, 2.24) is 4.57 Å². The molecule has 0 spiro atoms. The van der Waals surface area contributed by atoms with Gasteiger partial charge in [0, 0.05) is 47.6 Å². The summed E-state index contributed by atoms with van der Waals surface area (Å²) in [6, 6.07) is 18.2. The van der Waals surface area contributed by atoms with E-state index in [1.165, 1.54) is 29.0 Å². The van der Waals surface area contributed by atoms with Gasteiger partial charge < -0.3 is 19.1 Å². The number of fused-ring (bicyclic) bond motifs is 3. The Kier molecular flexibility index (Phi) is 7.27. The Balaban J connectivity index is 1.48. The summed E-state index contributed by atoms with van der Waals surface area (Å²) in [5.74, 6) is 1.30. The topological polar surface area (TPSA) is 108 Å². The van der Waals surface area contributed by atoms with Crippen molar-refractivity contribution in [2.24, 2.45) is 4.99 Å². The van der Waals surface area contributed by atoms with Gasteiger partial charge in [0.05, 0.1) is 48.6 Å². The first-order valence-corrected chi connectivity index (χ1v) is 15.2. The summed E-state index contributed by atoms with van der Waals surface area (Å²) in [6.07, 6.45) is 3.32. The van der Waals surface area contributed by atoms with Gasteiger partial charge in [-0.25, -0.2) is 4.99 Å². The Morgan fingerprint density at radius 1 is 1.05 bits per heavy atom. The summed E-state index contributed by atoms with van der Waals surface area (Å²) < 4.78 is 19.1. The third-order valence-corrected chi connectivity index (χ3v) is 9.45. The summed E-state index contributed by atoms with van der Waals surface area (Å²) in [6.45, 7) is 2.44. The molecule has 44 heavy (non-hydrogen) atoms. The number of hydrogen-bond acceptors (Lipinski definition) is 9. The van der Waals surface area contributed by atoms with Crippen molar-refractivity contribution in [2.75, 3.05) is 45.4 Å². The highest BCUT2D eigenvalue weighted by Crippen LogP contribution is 2.44. The molecule has 11 heteroatoms. The Morgan fingerprint density at radius 3 is 2.64 bits per heavy atom. The minimum Gasteiger partial charge on any atom is -0.497 e. The molecule has 3 heterocycles. The molecule has 4 aromatic rings. The van der Waals surface area contributed by atoms with E-state index in [0.717, 1.165) is 40.9 Å². The molecule has 2 aliphatic heterocycles.